The van der Waals surface area contributed by atoms with E-state index in [1.54, 1.807) is 0 Å². The summed E-state index contributed by atoms with van der Waals surface area (Å²) in [7, 11) is 0. The van der Waals surface area contributed by atoms with E-state index in [1.165, 1.54) is 6.92 Å². The van der Waals surface area contributed by atoms with Gasteiger partial charge in [0.15, 0.2) is 11.5 Å². The largest absolute Gasteiger partial charge is 0.435 e. The normalized spacial score (nSPS) is 11.7. The van der Waals surface area contributed by atoms with E-state index >= 15 is 0 Å². The van der Waals surface area contributed by atoms with Crippen LogP contribution in [0.1, 0.15) is 11.4 Å². The summed E-state index contributed by atoms with van der Waals surface area (Å²) >= 11 is 0. The molecule has 0 saturated heterocycles. The minimum Gasteiger partial charge on any atom is -0.258 e. The van der Waals surface area contributed by atoms with Gasteiger partial charge in [-0.25, -0.2) is 9.07 Å². The molecule has 0 spiro atoms. The van der Waals surface area contributed by atoms with Gasteiger partial charge in [0.25, 0.3) is 5.69 Å². The molecule has 1 aromatic heterocycles. The molecule has 2 aromatic rings. The quantitative estimate of drug-likeness (QED) is 0.484. The van der Waals surface area contributed by atoms with Crippen LogP contribution in [-0.2, 0) is 6.18 Å². The van der Waals surface area contributed by atoms with Gasteiger partial charge in [0.1, 0.15) is 5.69 Å². The van der Waals surface area contributed by atoms with Crippen molar-refractivity contribution in [3.8, 4) is 5.69 Å². The second-order valence-electron chi connectivity index (χ2n) is 3.97. The molecule has 5 nitrogen and oxygen atoms in total. The first-order chi connectivity index (χ1) is 9.20. The maximum atomic E-state index is 13.7. The van der Waals surface area contributed by atoms with Gasteiger partial charge in [-0.05, 0) is 19.1 Å². The highest BCUT2D eigenvalue weighted by Gasteiger charge is 2.34. The van der Waals surface area contributed by atoms with E-state index < -0.39 is 28.3 Å². The molecule has 1 aromatic carbocycles. The molecule has 0 radical (unpaired) electrons. The van der Waals surface area contributed by atoms with Crippen LogP contribution in [0.15, 0.2) is 24.3 Å². The number of nitro groups is 1. The number of aryl methyl sites for hydroxylation is 1. The Morgan fingerprint density at radius 1 is 1.30 bits per heavy atom. The Balaban J connectivity index is 2.52. The Bertz CT molecular complexity index is 679. The molecule has 0 saturated carbocycles. The first kappa shape index (κ1) is 14.0. The van der Waals surface area contributed by atoms with E-state index in [2.05, 4.69) is 5.10 Å². The summed E-state index contributed by atoms with van der Waals surface area (Å²) in [4.78, 5) is 9.67. The average molecular weight is 289 g/mol. The summed E-state index contributed by atoms with van der Waals surface area (Å²) in [6.45, 7) is 1.32. The van der Waals surface area contributed by atoms with Crippen LogP contribution in [0.2, 0.25) is 0 Å². The maximum Gasteiger partial charge on any atom is 0.435 e. The third-order valence-electron chi connectivity index (χ3n) is 2.55. The fourth-order valence-corrected chi connectivity index (χ4v) is 1.64. The summed E-state index contributed by atoms with van der Waals surface area (Å²) in [5, 5.41) is 13.7. The van der Waals surface area contributed by atoms with Crippen molar-refractivity contribution in [2.75, 3.05) is 0 Å². The van der Waals surface area contributed by atoms with Crippen molar-refractivity contribution >= 4 is 5.69 Å². The summed E-state index contributed by atoms with van der Waals surface area (Å²) < 4.78 is 52.0. The number of halogens is 4. The molecule has 9 heteroatoms. The second kappa shape index (κ2) is 4.58. The number of alkyl halides is 3. The van der Waals surface area contributed by atoms with E-state index in [-0.39, 0.29) is 11.4 Å². The number of hydrogen-bond donors (Lipinski definition) is 0. The average Bonchev–Trinajstić information content (AvgIpc) is 2.71. The predicted octanol–water partition coefficient (Wildman–Crippen LogP) is 3.25. The summed E-state index contributed by atoms with van der Waals surface area (Å²) in [6, 6.07) is 3.39. The third-order valence-corrected chi connectivity index (χ3v) is 2.55. The standard InChI is InChI=1S/C11H7F4N3O2/c1-6-4-10(11(13,14)15)16-17(6)9-3-2-7(18(19)20)5-8(9)12/h2-5H,1H3. The minimum atomic E-state index is -4.65. The number of nitrogens with zero attached hydrogens (tertiary/aromatic N) is 3. The van der Waals surface area contributed by atoms with Crippen molar-refractivity contribution in [3.05, 3.63) is 51.6 Å². The van der Waals surface area contributed by atoms with Gasteiger partial charge >= 0.3 is 6.18 Å². The van der Waals surface area contributed by atoms with Gasteiger partial charge in [-0.1, -0.05) is 0 Å². The topological polar surface area (TPSA) is 61.0 Å². The minimum absolute atomic E-state index is 0.0603. The molecule has 0 N–H and O–H groups in total. The fourth-order valence-electron chi connectivity index (χ4n) is 1.64. The number of rotatable bonds is 2. The molecule has 0 aliphatic heterocycles. The predicted molar refractivity (Wildman–Crippen MR) is 59.9 cm³/mol. The van der Waals surface area contributed by atoms with E-state index in [1.807, 2.05) is 0 Å². The molecule has 2 rings (SSSR count). The Labute approximate surface area is 109 Å². The Hall–Kier alpha value is -2.45. The first-order valence-corrected chi connectivity index (χ1v) is 5.28. The van der Waals surface area contributed by atoms with Crippen LogP contribution >= 0.6 is 0 Å². The van der Waals surface area contributed by atoms with Gasteiger partial charge in [-0.15, -0.1) is 0 Å². The van der Waals surface area contributed by atoms with Crippen LogP contribution < -0.4 is 0 Å². The van der Waals surface area contributed by atoms with Crippen molar-refractivity contribution in [2.24, 2.45) is 0 Å². The number of hydrogen-bond acceptors (Lipinski definition) is 3. The molecule has 0 atom stereocenters. The van der Waals surface area contributed by atoms with Crippen molar-refractivity contribution in [3.63, 3.8) is 0 Å². The summed E-state index contributed by atoms with van der Waals surface area (Å²) in [5.41, 5.74) is -1.88. The lowest BCUT2D eigenvalue weighted by molar-refractivity contribution is -0.385. The van der Waals surface area contributed by atoms with Crippen LogP contribution in [0.25, 0.3) is 5.69 Å². The van der Waals surface area contributed by atoms with E-state index in [4.69, 9.17) is 0 Å². The lowest BCUT2D eigenvalue weighted by Gasteiger charge is -2.05. The van der Waals surface area contributed by atoms with Crippen LogP contribution in [0.5, 0.6) is 0 Å². The van der Waals surface area contributed by atoms with Gasteiger partial charge in [-0.2, -0.15) is 18.3 Å². The molecule has 0 bridgehead atoms. The highest BCUT2D eigenvalue weighted by atomic mass is 19.4. The highest BCUT2D eigenvalue weighted by Crippen LogP contribution is 2.30. The Kier molecular flexibility index (Phi) is 3.20. The second-order valence-corrected chi connectivity index (χ2v) is 3.97. The lowest BCUT2D eigenvalue weighted by Crippen LogP contribution is -2.08. The van der Waals surface area contributed by atoms with Gasteiger partial charge in [0, 0.05) is 11.8 Å². The molecule has 20 heavy (non-hydrogen) atoms. The third kappa shape index (κ3) is 2.46. The number of aromatic nitrogens is 2. The summed E-state index contributed by atoms with van der Waals surface area (Å²) in [5.74, 6) is -1.03. The molecular weight excluding hydrogens is 282 g/mol. The van der Waals surface area contributed by atoms with Gasteiger partial charge in [0.05, 0.1) is 11.0 Å². The van der Waals surface area contributed by atoms with Crippen molar-refractivity contribution in [2.45, 2.75) is 13.1 Å². The molecule has 106 valence electrons. The van der Waals surface area contributed by atoms with Crippen molar-refractivity contribution < 1.29 is 22.5 Å². The summed E-state index contributed by atoms with van der Waals surface area (Å²) in [6.07, 6.45) is -4.65. The van der Waals surface area contributed by atoms with Crippen molar-refractivity contribution in [1.29, 1.82) is 0 Å². The zero-order valence-electron chi connectivity index (χ0n) is 9.98. The highest BCUT2D eigenvalue weighted by molar-refractivity contribution is 5.43. The zero-order chi connectivity index (χ0) is 15.1. The fraction of sp³-hybridized carbons (Fsp3) is 0.182. The molecule has 0 unspecified atom stereocenters. The number of benzene rings is 1. The number of non-ortho nitro benzene ring substituents is 1. The monoisotopic (exact) mass is 289 g/mol. The van der Waals surface area contributed by atoms with Crippen LogP contribution in [0.3, 0.4) is 0 Å². The zero-order valence-corrected chi connectivity index (χ0v) is 9.98. The van der Waals surface area contributed by atoms with Gasteiger partial charge in [0.2, 0.25) is 0 Å². The first-order valence-electron chi connectivity index (χ1n) is 5.28. The van der Waals surface area contributed by atoms with E-state index in [0.29, 0.717) is 6.07 Å². The molecule has 1 heterocycles. The molecular formula is C11H7F4N3O2. The maximum absolute atomic E-state index is 13.7. The SMILES string of the molecule is Cc1cc(C(F)(F)F)nn1-c1ccc([N+](=O)[O-])cc1F. The Morgan fingerprint density at radius 2 is 1.95 bits per heavy atom. The molecule has 0 fully saturated rings. The van der Waals surface area contributed by atoms with Crippen LogP contribution in [-0.4, -0.2) is 14.7 Å². The molecule has 0 amide bonds. The van der Waals surface area contributed by atoms with Gasteiger partial charge in [-0.3, -0.25) is 10.1 Å². The smallest absolute Gasteiger partial charge is 0.258 e. The van der Waals surface area contributed by atoms with Crippen LogP contribution in [0, 0.1) is 22.9 Å². The van der Waals surface area contributed by atoms with Crippen molar-refractivity contribution in [1.82, 2.24) is 9.78 Å². The lowest BCUT2D eigenvalue weighted by atomic mass is 10.2. The molecule has 0 aliphatic carbocycles. The van der Waals surface area contributed by atoms with E-state index in [9.17, 15) is 27.7 Å². The number of nitro benzene ring substituents is 1. The Morgan fingerprint density at radius 3 is 2.40 bits per heavy atom. The molecule has 0 aliphatic rings. The van der Waals surface area contributed by atoms with Crippen LogP contribution in [0.4, 0.5) is 23.2 Å². The van der Waals surface area contributed by atoms with E-state index in [0.717, 1.165) is 22.9 Å². The van der Waals surface area contributed by atoms with Gasteiger partial charge < -0.3 is 0 Å².